The number of hydrogen-bond donors (Lipinski definition) is 1. The van der Waals surface area contributed by atoms with Crippen molar-refractivity contribution in [2.75, 3.05) is 0 Å². The Morgan fingerprint density at radius 3 is 2.94 bits per heavy atom. The molecule has 0 aliphatic rings. The van der Waals surface area contributed by atoms with Gasteiger partial charge in [-0.05, 0) is 6.07 Å². The highest BCUT2D eigenvalue weighted by molar-refractivity contribution is 5.93. The van der Waals surface area contributed by atoms with Crippen molar-refractivity contribution in [3.8, 4) is 5.75 Å². The molecule has 0 saturated carbocycles. The molecule has 0 aliphatic heterocycles. The summed E-state index contributed by atoms with van der Waals surface area (Å²) in [5.41, 5.74) is -0.00892. The number of imidazole rings is 1. The lowest BCUT2D eigenvalue weighted by Gasteiger charge is -2.04. The molecule has 0 fully saturated rings. The number of carboxylic acids is 1. The van der Waals surface area contributed by atoms with Crippen LogP contribution in [0.3, 0.4) is 0 Å². The standard InChI is InChI=1S/C9H6F2N2O3/c10-9(11)16-5-1-2-13-4-12-7(8(14)15)6(13)3-5/h1-4,9H,(H,14,15). The van der Waals surface area contributed by atoms with Gasteiger partial charge in [0.05, 0.1) is 5.52 Å². The second-order valence-electron chi connectivity index (χ2n) is 2.93. The van der Waals surface area contributed by atoms with Crippen LogP contribution in [0.4, 0.5) is 8.78 Å². The molecular formula is C9H6F2N2O3. The van der Waals surface area contributed by atoms with Gasteiger partial charge in [0.1, 0.15) is 12.1 Å². The molecular weight excluding hydrogens is 222 g/mol. The minimum Gasteiger partial charge on any atom is -0.476 e. The Kier molecular flexibility index (Phi) is 2.43. The van der Waals surface area contributed by atoms with Crippen LogP contribution in [0.2, 0.25) is 0 Å². The molecule has 0 aromatic carbocycles. The van der Waals surface area contributed by atoms with Crippen LogP contribution >= 0.6 is 0 Å². The van der Waals surface area contributed by atoms with E-state index in [2.05, 4.69) is 9.72 Å². The van der Waals surface area contributed by atoms with E-state index in [1.54, 1.807) is 0 Å². The van der Waals surface area contributed by atoms with Gasteiger partial charge in [-0.25, -0.2) is 9.78 Å². The van der Waals surface area contributed by atoms with Gasteiger partial charge < -0.3 is 14.2 Å². The molecule has 2 heterocycles. The first-order chi connectivity index (χ1) is 7.58. The van der Waals surface area contributed by atoms with E-state index >= 15 is 0 Å². The van der Waals surface area contributed by atoms with Crippen molar-refractivity contribution in [1.29, 1.82) is 0 Å². The van der Waals surface area contributed by atoms with Crippen LogP contribution < -0.4 is 4.74 Å². The topological polar surface area (TPSA) is 63.8 Å². The number of fused-ring (bicyclic) bond motifs is 1. The molecule has 0 saturated heterocycles. The zero-order chi connectivity index (χ0) is 11.7. The van der Waals surface area contributed by atoms with Gasteiger partial charge >= 0.3 is 12.6 Å². The van der Waals surface area contributed by atoms with E-state index in [0.29, 0.717) is 0 Å². The number of nitrogens with zero attached hydrogens (tertiary/aromatic N) is 2. The Morgan fingerprint density at radius 1 is 1.56 bits per heavy atom. The van der Waals surface area contributed by atoms with Crippen molar-refractivity contribution in [2.45, 2.75) is 6.61 Å². The number of carboxylic acid groups (broad SMARTS) is 1. The molecule has 0 unspecified atom stereocenters. The molecule has 0 aliphatic carbocycles. The highest BCUT2D eigenvalue weighted by Crippen LogP contribution is 2.19. The molecule has 0 spiro atoms. The van der Waals surface area contributed by atoms with Crippen LogP contribution in [0.15, 0.2) is 24.7 Å². The lowest BCUT2D eigenvalue weighted by Crippen LogP contribution is -2.03. The Morgan fingerprint density at radius 2 is 2.31 bits per heavy atom. The van der Waals surface area contributed by atoms with Crippen LogP contribution in [0, 0.1) is 0 Å². The summed E-state index contributed by atoms with van der Waals surface area (Å²) in [7, 11) is 0. The monoisotopic (exact) mass is 228 g/mol. The van der Waals surface area contributed by atoms with E-state index in [1.165, 1.54) is 29.1 Å². The second-order valence-corrected chi connectivity index (χ2v) is 2.93. The first-order valence-corrected chi connectivity index (χ1v) is 4.23. The molecule has 16 heavy (non-hydrogen) atoms. The SMILES string of the molecule is O=C(O)c1ncn2ccc(OC(F)F)cc12. The Bertz CT molecular complexity index is 539. The quantitative estimate of drug-likeness (QED) is 0.867. The van der Waals surface area contributed by atoms with Crippen molar-refractivity contribution >= 4 is 11.5 Å². The molecule has 0 amide bonds. The van der Waals surface area contributed by atoms with Crippen molar-refractivity contribution in [3.05, 3.63) is 30.4 Å². The van der Waals surface area contributed by atoms with Crippen molar-refractivity contribution in [2.24, 2.45) is 0 Å². The van der Waals surface area contributed by atoms with Gasteiger partial charge in [0.25, 0.3) is 0 Å². The molecule has 84 valence electrons. The molecule has 5 nitrogen and oxygen atoms in total. The van der Waals surface area contributed by atoms with E-state index in [4.69, 9.17) is 5.11 Å². The van der Waals surface area contributed by atoms with Crippen LogP contribution in [0.25, 0.3) is 5.52 Å². The lowest BCUT2D eigenvalue weighted by atomic mass is 10.3. The fourth-order valence-electron chi connectivity index (χ4n) is 1.31. The first-order valence-electron chi connectivity index (χ1n) is 4.23. The van der Waals surface area contributed by atoms with E-state index in [1.807, 2.05) is 0 Å². The predicted octanol–water partition coefficient (Wildman–Crippen LogP) is 1.63. The number of pyridine rings is 1. The van der Waals surface area contributed by atoms with Crippen molar-refractivity contribution in [1.82, 2.24) is 9.38 Å². The summed E-state index contributed by atoms with van der Waals surface area (Å²) >= 11 is 0. The minimum atomic E-state index is -2.95. The van der Waals surface area contributed by atoms with E-state index in [-0.39, 0.29) is 17.0 Å². The Balaban J connectivity index is 2.50. The summed E-state index contributed by atoms with van der Waals surface area (Å²) in [4.78, 5) is 14.4. The molecule has 0 radical (unpaired) electrons. The third kappa shape index (κ3) is 1.79. The number of alkyl halides is 2. The smallest absolute Gasteiger partial charge is 0.387 e. The van der Waals surface area contributed by atoms with E-state index in [0.717, 1.165) is 0 Å². The largest absolute Gasteiger partial charge is 0.476 e. The molecule has 0 atom stereocenters. The number of ether oxygens (including phenoxy) is 1. The molecule has 2 rings (SSSR count). The summed E-state index contributed by atoms with van der Waals surface area (Å²) in [5.74, 6) is -1.33. The lowest BCUT2D eigenvalue weighted by molar-refractivity contribution is -0.0498. The Labute approximate surface area is 87.9 Å². The molecule has 7 heteroatoms. The van der Waals surface area contributed by atoms with E-state index < -0.39 is 12.6 Å². The summed E-state index contributed by atoms with van der Waals surface area (Å²) < 4.78 is 29.5. The first kappa shape index (κ1) is 10.3. The van der Waals surface area contributed by atoms with Gasteiger partial charge in [-0.15, -0.1) is 0 Å². The van der Waals surface area contributed by atoms with Gasteiger partial charge in [0, 0.05) is 12.3 Å². The summed E-state index contributed by atoms with van der Waals surface area (Å²) in [6.07, 6.45) is 2.68. The average molecular weight is 228 g/mol. The number of halogens is 2. The number of carbonyl (C=O) groups is 1. The third-order valence-corrected chi connectivity index (χ3v) is 1.94. The van der Waals surface area contributed by atoms with Gasteiger partial charge in [-0.3, -0.25) is 0 Å². The fourth-order valence-corrected chi connectivity index (χ4v) is 1.31. The highest BCUT2D eigenvalue weighted by Gasteiger charge is 2.13. The average Bonchev–Trinajstić information content (AvgIpc) is 2.59. The minimum absolute atomic E-state index is 0.106. The maximum atomic E-state index is 11.9. The summed E-state index contributed by atoms with van der Waals surface area (Å²) in [6, 6.07) is 2.50. The van der Waals surface area contributed by atoms with Crippen molar-refractivity contribution in [3.63, 3.8) is 0 Å². The van der Waals surface area contributed by atoms with Gasteiger partial charge in [-0.1, -0.05) is 0 Å². The van der Waals surface area contributed by atoms with Crippen LogP contribution in [0.5, 0.6) is 5.75 Å². The zero-order valence-electron chi connectivity index (χ0n) is 7.80. The molecule has 0 bridgehead atoms. The highest BCUT2D eigenvalue weighted by atomic mass is 19.3. The molecule has 2 aromatic heterocycles. The fraction of sp³-hybridized carbons (Fsp3) is 0.111. The zero-order valence-corrected chi connectivity index (χ0v) is 7.80. The van der Waals surface area contributed by atoms with Gasteiger partial charge in [0.15, 0.2) is 5.69 Å². The summed E-state index contributed by atoms with van der Waals surface area (Å²) in [6.45, 7) is -2.95. The predicted molar refractivity (Wildman–Crippen MR) is 48.8 cm³/mol. The van der Waals surface area contributed by atoms with Crippen molar-refractivity contribution < 1.29 is 23.4 Å². The maximum Gasteiger partial charge on any atom is 0.387 e. The number of aromatic carboxylic acids is 1. The Hall–Kier alpha value is -2.18. The van der Waals surface area contributed by atoms with E-state index in [9.17, 15) is 13.6 Å². The van der Waals surface area contributed by atoms with Crippen LogP contribution in [0.1, 0.15) is 10.5 Å². The number of rotatable bonds is 3. The second kappa shape index (κ2) is 3.76. The molecule has 2 aromatic rings. The van der Waals surface area contributed by atoms with Crippen LogP contribution in [-0.4, -0.2) is 27.1 Å². The van der Waals surface area contributed by atoms with Crippen LogP contribution in [-0.2, 0) is 0 Å². The molecule has 1 N–H and O–H groups in total. The third-order valence-electron chi connectivity index (χ3n) is 1.94. The van der Waals surface area contributed by atoms with Gasteiger partial charge in [-0.2, -0.15) is 8.78 Å². The number of aromatic nitrogens is 2. The maximum absolute atomic E-state index is 11.9. The summed E-state index contributed by atoms with van der Waals surface area (Å²) in [5, 5.41) is 8.78. The van der Waals surface area contributed by atoms with Gasteiger partial charge in [0.2, 0.25) is 0 Å². The number of hydrogen-bond acceptors (Lipinski definition) is 3. The normalized spacial score (nSPS) is 10.9.